The SMILES string of the molecule is [CH2]C[C@]1(O)O[C@H](CO)[C@H](O)[C@H](O)[C@H]1O. The lowest BCUT2D eigenvalue weighted by Crippen LogP contribution is -2.64. The molecule has 0 aromatic heterocycles. The van der Waals surface area contributed by atoms with Gasteiger partial charge in [0, 0.05) is 6.42 Å². The second-order valence-electron chi connectivity index (χ2n) is 3.36. The van der Waals surface area contributed by atoms with E-state index in [0.29, 0.717) is 0 Å². The molecule has 1 fully saturated rings. The van der Waals surface area contributed by atoms with Gasteiger partial charge < -0.3 is 30.3 Å². The fraction of sp³-hybridized carbons (Fsp3) is 0.875. The third-order valence-electron chi connectivity index (χ3n) is 2.41. The van der Waals surface area contributed by atoms with Crippen LogP contribution in [0.3, 0.4) is 0 Å². The first-order valence-corrected chi connectivity index (χ1v) is 4.30. The van der Waals surface area contributed by atoms with Gasteiger partial charge in [-0.3, -0.25) is 0 Å². The monoisotopic (exact) mass is 207 g/mol. The van der Waals surface area contributed by atoms with Crippen molar-refractivity contribution in [1.82, 2.24) is 0 Å². The Labute approximate surface area is 81.4 Å². The van der Waals surface area contributed by atoms with Gasteiger partial charge in [-0.05, 0) is 6.92 Å². The third-order valence-corrected chi connectivity index (χ3v) is 2.41. The molecule has 6 heteroatoms. The second kappa shape index (κ2) is 4.09. The molecule has 1 aliphatic rings. The van der Waals surface area contributed by atoms with Crippen LogP contribution in [0.25, 0.3) is 0 Å². The molecule has 0 aliphatic carbocycles. The maximum absolute atomic E-state index is 9.62. The van der Waals surface area contributed by atoms with E-state index in [4.69, 9.17) is 9.84 Å². The summed E-state index contributed by atoms with van der Waals surface area (Å²) in [7, 11) is 0. The van der Waals surface area contributed by atoms with Crippen LogP contribution in [0.15, 0.2) is 0 Å². The molecular weight excluding hydrogens is 192 g/mol. The van der Waals surface area contributed by atoms with E-state index in [9.17, 15) is 20.4 Å². The van der Waals surface area contributed by atoms with E-state index in [1.54, 1.807) is 0 Å². The molecule has 0 unspecified atom stereocenters. The number of rotatable bonds is 2. The van der Waals surface area contributed by atoms with E-state index >= 15 is 0 Å². The molecule has 1 heterocycles. The highest BCUT2D eigenvalue weighted by Gasteiger charge is 2.51. The van der Waals surface area contributed by atoms with E-state index < -0.39 is 36.8 Å². The summed E-state index contributed by atoms with van der Waals surface area (Å²) in [4.78, 5) is 0. The Morgan fingerprint density at radius 1 is 1.21 bits per heavy atom. The second-order valence-corrected chi connectivity index (χ2v) is 3.36. The van der Waals surface area contributed by atoms with E-state index in [-0.39, 0.29) is 6.42 Å². The van der Waals surface area contributed by atoms with Crippen LogP contribution in [-0.2, 0) is 4.74 Å². The van der Waals surface area contributed by atoms with Crippen molar-refractivity contribution in [2.24, 2.45) is 0 Å². The molecule has 1 saturated heterocycles. The molecule has 1 radical (unpaired) electrons. The molecule has 1 aliphatic heterocycles. The normalized spacial score (nSPS) is 49.3. The van der Waals surface area contributed by atoms with Gasteiger partial charge in [0.1, 0.15) is 24.4 Å². The molecule has 1 rings (SSSR count). The fourth-order valence-corrected chi connectivity index (χ4v) is 1.43. The summed E-state index contributed by atoms with van der Waals surface area (Å²) in [5, 5.41) is 46.4. The van der Waals surface area contributed by atoms with Crippen molar-refractivity contribution in [2.75, 3.05) is 6.61 Å². The average molecular weight is 207 g/mol. The minimum atomic E-state index is -2.02. The summed E-state index contributed by atoms with van der Waals surface area (Å²) < 4.78 is 4.85. The molecule has 14 heavy (non-hydrogen) atoms. The van der Waals surface area contributed by atoms with Crippen molar-refractivity contribution in [3.05, 3.63) is 6.92 Å². The van der Waals surface area contributed by atoms with Crippen LogP contribution < -0.4 is 0 Å². The number of ether oxygens (including phenoxy) is 1. The summed E-state index contributed by atoms with van der Waals surface area (Å²) in [5.74, 6) is -2.02. The molecule has 0 amide bonds. The van der Waals surface area contributed by atoms with Crippen molar-refractivity contribution in [3.8, 4) is 0 Å². The Kier molecular flexibility index (Phi) is 3.46. The highest BCUT2D eigenvalue weighted by molar-refractivity contribution is 4.96. The lowest BCUT2D eigenvalue weighted by atomic mass is 9.91. The zero-order chi connectivity index (χ0) is 10.9. The number of aliphatic hydroxyl groups excluding tert-OH is 4. The lowest BCUT2D eigenvalue weighted by Gasteiger charge is -2.45. The van der Waals surface area contributed by atoms with Crippen LogP contribution in [0.2, 0.25) is 0 Å². The number of aliphatic hydroxyl groups is 5. The van der Waals surface area contributed by atoms with Crippen molar-refractivity contribution in [2.45, 2.75) is 36.6 Å². The van der Waals surface area contributed by atoms with Gasteiger partial charge in [-0.25, -0.2) is 0 Å². The zero-order valence-corrected chi connectivity index (χ0v) is 7.58. The highest BCUT2D eigenvalue weighted by Crippen LogP contribution is 2.30. The predicted octanol–water partition coefficient (Wildman–Crippen LogP) is -2.63. The minimum absolute atomic E-state index is 0.200. The van der Waals surface area contributed by atoms with Crippen LogP contribution in [-0.4, -0.2) is 62.3 Å². The standard InChI is InChI=1S/C8H15O6/c1-2-8(13)7(12)6(11)5(10)4(3-9)14-8/h4-7,9-13H,1-3H2/t4-,5+,6+,7-,8+/m1/s1. The number of hydrogen-bond donors (Lipinski definition) is 5. The van der Waals surface area contributed by atoms with Gasteiger partial charge in [-0.1, -0.05) is 0 Å². The molecule has 0 aromatic carbocycles. The van der Waals surface area contributed by atoms with E-state index in [1.807, 2.05) is 0 Å². The largest absolute Gasteiger partial charge is 0.394 e. The van der Waals surface area contributed by atoms with E-state index in [0.717, 1.165) is 0 Å². The summed E-state index contributed by atoms with van der Waals surface area (Å²) in [6, 6.07) is 0. The lowest BCUT2D eigenvalue weighted by molar-refractivity contribution is -0.347. The molecule has 83 valence electrons. The minimum Gasteiger partial charge on any atom is -0.394 e. The van der Waals surface area contributed by atoms with Crippen LogP contribution >= 0.6 is 0 Å². The van der Waals surface area contributed by atoms with E-state index in [1.165, 1.54) is 0 Å². The van der Waals surface area contributed by atoms with Gasteiger partial charge in [0.25, 0.3) is 0 Å². The van der Waals surface area contributed by atoms with Crippen molar-refractivity contribution < 1.29 is 30.3 Å². The van der Waals surface area contributed by atoms with Gasteiger partial charge in [-0.2, -0.15) is 0 Å². The van der Waals surface area contributed by atoms with E-state index in [2.05, 4.69) is 6.92 Å². The number of hydrogen-bond acceptors (Lipinski definition) is 6. The summed E-state index contributed by atoms with van der Waals surface area (Å²) in [6.45, 7) is 2.79. The van der Waals surface area contributed by atoms with Crippen molar-refractivity contribution in [1.29, 1.82) is 0 Å². The Balaban J connectivity index is 2.84. The molecular formula is C8H15O6. The van der Waals surface area contributed by atoms with Gasteiger partial charge >= 0.3 is 0 Å². The fourth-order valence-electron chi connectivity index (χ4n) is 1.43. The van der Waals surface area contributed by atoms with Crippen LogP contribution in [0.4, 0.5) is 0 Å². The Hall–Kier alpha value is -0.240. The summed E-state index contributed by atoms with van der Waals surface area (Å²) in [5.41, 5.74) is 0. The molecule has 5 atom stereocenters. The van der Waals surface area contributed by atoms with Crippen LogP contribution in [0.5, 0.6) is 0 Å². The smallest absolute Gasteiger partial charge is 0.195 e. The average Bonchev–Trinajstić information content (AvgIpc) is 2.20. The Morgan fingerprint density at radius 3 is 2.21 bits per heavy atom. The Morgan fingerprint density at radius 2 is 1.79 bits per heavy atom. The molecule has 0 saturated carbocycles. The molecule has 0 bridgehead atoms. The van der Waals surface area contributed by atoms with Gasteiger partial charge in [0.05, 0.1) is 6.61 Å². The maximum atomic E-state index is 9.62. The van der Waals surface area contributed by atoms with Crippen molar-refractivity contribution >= 4 is 0 Å². The topological polar surface area (TPSA) is 110 Å². The van der Waals surface area contributed by atoms with Gasteiger partial charge in [0.15, 0.2) is 5.79 Å². The quantitative estimate of drug-likeness (QED) is 0.339. The molecule has 6 nitrogen and oxygen atoms in total. The van der Waals surface area contributed by atoms with Gasteiger partial charge in [0.2, 0.25) is 0 Å². The first kappa shape index (κ1) is 11.8. The summed E-state index contributed by atoms with van der Waals surface area (Å²) >= 11 is 0. The highest BCUT2D eigenvalue weighted by atomic mass is 16.7. The zero-order valence-electron chi connectivity index (χ0n) is 7.58. The van der Waals surface area contributed by atoms with Crippen molar-refractivity contribution in [3.63, 3.8) is 0 Å². The third kappa shape index (κ3) is 1.77. The van der Waals surface area contributed by atoms with Gasteiger partial charge in [-0.15, -0.1) is 0 Å². The van der Waals surface area contributed by atoms with Crippen LogP contribution in [0, 0.1) is 6.92 Å². The Bertz CT molecular complexity index is 196. The first-order chi connectivity index (χ1) is 6.46. The predicted molar refractivity (Wildman–Crippen MR) is 44.9 cm³/mol. The van der Waals surface area contributed by atoms with Crippen LogP contribution in [0.1, 0.15) is 6.42 Å². The molecule has 0 spiro atoms. The molecule has 0 aromatic rings. The first-order valence-electron chi connectivity index (χ1n) is 4.30. The molecule has 5 N–H and O–H groups in total. The maximum Gasteiger partial charge on any atom is 0.195 e. The summed E-state index contributed by atoms with van der Waals surface area (Å²) in [6.07, 6.45) is -5.96.